The second-order valence-corrected chi connectivity index (χ2v) is 7.67. The summed E-state index contributed by atoms with van der Waals surface area (Å²) >= 11 is 0. The molecule has 0 bridgehead atoms. The molecule has 29 heavy (non-hydrogen) atoms. The van der Waals surface area contributed by atoms with Gasteiger partial charge in [-0.25, -0.2) is 0 Å². The SMILES string of the molecule is Cc1ccc(CN2CC[C@@H](Nc3cccc4c[n+](O)ccc34)C2)cc1OCCO. The summed E-state index contributed by atoms with van der Waals surface area (Å²) in [7, 11) is 0. The van der Waals surface area contributed by atoms with Gasteiger partial charge in [-0.05, 0) is 42.7 Å². The number of nitrogens with one attached hydrogen (secondary N) is 1. The molecule has 2 heterocycles. The van der Waals surface area contributed by atoms with Crippen LogP contribution in [0.15, 0.2) is 54.9 Å². The van der Waals surface area contributed by atoms with E-state index in [-0.39, 0.29) is 6.61 Å². The summed E-state index contributed by atoms with van der Waals surface area (Å²) in [6.45, 7) is 5.27. The summed E-state index contributed by atoms with van der Waals surface area (Å²) in [4.78, 5) is 2.45. The number of fused-ring (bicyclic) bond motifs is 1. The summed E-state index contributed by atoms with van der Waals surface area (Å²) < 4.78 is 6.73. The van der Waals surface area contributed by atoms with Gasteiger partial charge < -0.3 is 15.2 Å². The number of aliphatic hydroxyl groups excluding tert-OH is 1. The third kappa shape index (κ3) is 4.60. The summed E-state index contributed by atoms with van der Waals surface area (Å²) in [6, 6.07) is 14.7. The fraction of sp³-hybridized carbons (Fsp3) is 0.348. The molecule has 6 nitrogen and oxygen atoms in total. The van der Waals surface area contributed by atoms with Gasteiger partial charge in [0.15, 0.2) is 0 Å². The zero-order valence-electron chi connectivity index (χ0n) is 16.7. The van der Waals surface area contributed by atoms with Gasteiger partial charge in [-0.3, -0.25) is 10.1 Å². The zero-order chi connectivity index (χ0) is 20.2. The molecule has 3 aromatic rings. The number of aryl methyl sites for hydroxylation is 1. The number of pyridine rings is 1. The number of benzene rings is 2. The van der Waals surface area contributed by atoms with Crippen LogP contribution in [0, 0.1) is 6.92 Å². The predicted octanol–water partition coefficient (Wildman–Crippen LogP) is 2.73. The monoisotopic (exact) mass is 394 g/mol. The standard InChI is InChI=1S/C23H28N3O3/c1-17-5-6-18(13-23(17)29-12-11-27)14-25-9-7-20(16-25)24-22-4-2-3-19-15-26(28)10-8-21(19)22/h2-6,8,10,13,15,20,24,27-28H,7,9,11-12,14,16H2,1H3/q+1/t20-/m1/s1. The van der Waals surface area contributed by atoms with Crippen LogP contribution < -0.4 is 14.8 Å². The van der Waals surface area contributed by atoms with Crippen molar-refractivity contribution >= 4 is 16.5 Å². The normalized spacial score (nSPS) is 17.0. The lowest BCUT2D eigenvalue weighted by Gasteiger charge is -2.19. The van der Waals surface area contributed by atoms with Crippen molar-refractivity contribution in [3.63, 3.8) is 0 Å². The van der Waals surface area contributed by atoms with Gasteiger partial charge in [-0.2, -0.15) is 0 Å². The molecule has 0 aliphatic carbocycles. The van der Waals surface area contributed by atoms with E-state index in [9.17, 15) is 5.21 Å². The van der Waals surface area contributed by atoms with Crippen molar-refractivity contribution in [2.45, 2.75) is 25.9 Å². The first kappa shape index (κ1) is 19.5. The first-order valence-corrected chi connectivity index (χ1v) is 10.1. The highest BCUT2D eigenvalue weighted by atomic mass is 16.5. The highest BCUT2D eigenvalue weighted by Gasteiger charge is 2.23. The molecule has 0 radical (unpaired) electrons. The van der Waals surface area contributed by atoms with Crippen LogP contribution >= 0.6 is 0 Å². The summed E-state index contributed by atoms with van der Waals surface area (Å²) in [5.74, 6) is 0.849. The van der Waals surface area contributed by atoms with Crippen molar-refractivity contribution in [1.29, 1.82) is 0 Å². The van der Waals surface area contributed by atoms with Gasteiger partial charge in [0.05, 0.1) is 12.0 Å². The molecule has 0 amide bonds. The summed E-state index contributed by atoms with van der Waals surface area (Å²) in [5.41, 5.74) is 3.41. The molecule has 1 aromatic heterocycles. The average molecular weight is 394 g/mol. The van der Waals surface area contributed by atoms with Crippen LogP contribution in [0.4, 0.5) is 5.69 Å². The Balaban J connectivity index is 1.40. The predicted molar refractivity (Wildman–Crippen MR) is 112 cm³/mol. The van der Waals surface area contributed by atoms with Gasteiger partial charge in [0.1, 0.15) is 12.4 Å². The Morgan fingerprint density at radius 3 is 3.00 bits per heavy atom. The highest BCUT2D eigenvalue weighted by molar-refractivity contribution is 5.92. The van der Waals surface area contributed by atoms with E-state index in [1.807, 2.05) is 25.1 Å². The van der Waals surface area contributed by atoms with Gasteiger partial charge in [0, 0.05) is 47.5 Å². The molecular weight excluding hydrogens is 366 g/mol. The number of likely N-dealkylation sites (tertiary alicyclic amines) is 1. The van der Waals surface area contributed by atoms with Crippen molar-refractivity contribution in [2.24, 2.45) is 0 Å². The Morgan fingerprint density at radius 1 is 1.24 bits per heavy atom. The maximum atomic E-state index is 9.63. The Hall–Kier alpha value is -2.83. The molecule has 3 N–H and O–H groups in total. The van der Waals surface area contributed by atoms with E-state index in [0.29, 0.717) is 12.6 Å². The van der Waals surface area contributed by atoms with E-state index in [4.69, 9.17) is 9.84 Å². The molecule has 1 atom stereocenters. The lowest BCUT2D eigenvalue weighted by molar-refractivity contribution is -0.903. The number of aromatic nitrogens is 1. The molecule has 0 saturated carbocycles. The van der Waals surface area contributed by atoms with Crippen molar-refractivity contribution in [3.05, 3.63) is 66.0 Å². The fourth-order valence-electron chi connectivity index (χ4n) is 3.97. The number of hydrogen-bond acceptors (Lipinski definition) is 5. The minimum absolute atomic E-state index is 0.0234. The second kappa shape index (κ2) is 8.68. The number of aliphatic hydroxyl groups is 1. The topological polar surface area (TPSA) is 68.8 Å². The van der Waals surface area contributed by atoms with Crippen molar-refractivity contribution < 1.29 is 19.8 Å². The maximum absolute atomic E-state index is 9.63. The van der Waals surface area contributed by atoms with Gasteiger partial charge >= 0.3 is 0 Å². The van der Waals surface area contributed by atoms with E-state index in [0.717, 1.165) is 58.6 Å². The second-order valence-electron chi connectivity index (χ2n) is 7.67. The van der Waals surface area contributed by atoms with Gasteiger partial charge in [-0.1, -0.05) is 18.2 Å². The average Bonchev–Trinajstić information content (AvgIpc) is 3.15. The van der Waals surface area contributed by atoms with Crippen LogP contribution in [-0.4, -0.2) is 47.6 Å². The number of hydrogen-bond donors (Lipinski definition) is 3. The Morgan fingerprint density at radius 2 is 2.14 bits per heavy atom. The molecule has 1 fully saturated rings. The van der Waals surface area contributed by atoms with Crippen LogP contribution in [-0.2, 0) is 6.54 Å². The van der Waals surface area contributed by atoms with Gasteiger partial charge in [-0.15, -0.1) is 0 Å². The van der Waals surface area contributed by atoms with Crippen LogP contribution in [0.3, 0.4) is 0 Å². The molecule has 1 aliphatic heterocycles. The maximum Gasteiger partial charge on any atom is 0.230 e. The number of nitrogens with zero attached hydrogens (tertiary/aromatic N) is 2. The summed E-state index contributed by atoms with van der Waals surface area (Å²) in [5, 5.41) is 24.4. The Labute approximate surface area is 170 Å². The lowest BCUT2D eigenvalue weighted by Crippen LogP contribution is -2.28. The van der Waals surface area contributed by atoms with E-state index in [1.165, 1.54) is 5.56 Å². The number of ether oxygens (including phenoxy) is 1. The molecule has 0 spiro atoms. The first-order chi connectivity index (χ1) is 14.1. The summed E-state index contributed by atoms with van der Waals surface area (Å²) in [6.07, 6.45) is 4.46. The Kier molecular flexibility index (Phi) is 5.83. The van der Waals surface area contributed by atoms with E-state index >= 15 is 0 Å². The van der Waals surface area contributed by atoms with Crippen LogP contribution in [0.25, 0.3) is 10.8 Å². The molecule has 0 unspecified atom stereocenters. The fourth-order valence-corrected chi connectivity index (χ4v) is 3.97. The van der Waals surface area contributed by atoms with Crippen molar-refractivity contribution in [2.75, 3.05) is 31.6 Å². The van der Waals surface area contributed by atoms with Crippen LogP contribution in [0.5, 0.6) is 5.75 Å². The molecular formula is C23H28N3O3+. The zero-order valence-corrected chi connectivity index (χ0v) is 16.7. The van der Waals surface area contributed by atoms with E-state index in [2.05, 4.69) is 34.5 Å². The smallest absolute Gasteiger partial charge is 0.230 e. The first-order valence-electron chi connectivity index (χ1n) is 10.1. The number of rotatable bonds is 7. The minimum Gasteiger partial charge on any atom is -0.491 e. The molecule has 1 saturated heterocycles. The lowest BCUT2D eigenvalue weighted by atomic mass is 10.1. The third-order valence-corrected chi connectivity index (χ3v) is 5.44. The highest BCUT2D eigenvalue weighted by Crippen LogP contribution is 2.26. The number of anilines is 1. The molecule has 2 aromatic carbocycles. The van der Waals surface area contributed by atoms with Gasteiger partial charge in [0.2, 0.25) is 12.4 Å². The van der Waals surface area contributed by atoms with E-state index in [1.54, 1.807) is 12.4 Å². The van der Waals surface area contributed by atoms with Crippen molar-refractivity contribution in [3.8, 4) is 5.75 Å². The molecule has 4 rings (SSSR count). The van der Waals surface area contributed by atoms with Crippen LogP contribution in [0.1, 0.15) is 17.5 Å². The minimum atomic E-state index is 0.0234. The van der Waals surface area contributed by atoms with E-state index < -0.39 is 0 Å². The molecule has 1 aliphatic rings. The Bertz CT molecular complexity index is 992. The molecule has 6 heteroatoms. The quantitative estimate of drug-likeness (QED) is 0.425. The van der Waals surface area contributed by atoms with Crippen molar-refractivity contribution in [1.82, 2.24) is 4.90 Å². The third-order valence-electron chi connectivity index (χ3n) is 5.44. The molecule has 152 valence electrons. The largest absolute Gasteiger partial charge is 0.491 e. The van der Waals surface area contributed by atoms with Gasteiger partial charge in [0.25, 0.3) is 0 Å². The van der Waals surface area contributed by atoms with Crippen LogP contribution in [0.2, 0.25) is 0 Å².